The first-order valence-corrected chi connectivity index (χ1v) is 7.26. The highest BCUT2D eigenvalue weighted by atomic mass is 35.5. The van der Waals surface area contributed by atoms with Crippen LogP contribution in [-0.2, 0) is 10.2 Å². The number of nitrogens with zero attached hydrogens (tertiary/aromatic N) is 1. The summed E-state index contributed by atoms with van der Waals surface area (Å²) in [5, 5.41) is 9.66. The molecule has 0 spiro atoms. The number of benzene rings is 1. The summed E-state index contributed by atoms with van der Waals surface area (Å²) in [6.07, 6.45) is -0.0629. The number of rotatable bonds is 4. The summed E-state index contributed by atoms with van der Waals surface area (Å²) in [6.45, 7) is 4.90. The van der Waals surface area contributed by atoms with Gasteiger partial charge in [0.25, 0.3) is 0 Å². The SMILES string of the molecule is CCN(CC)C(=O)[C@]1(c2cccc(Cl)c2F)C[C@H](O)C1. The zero-order valence-electron chi connectivity index (χ0n) is 11.7. The lowest BCUT2D eigenvalue weighted by atomic mass is 9.61. The summed E-state index contributed by atoms with van der Waals surface area (Å²) in [5.41, 5.74) is -0.673. The summed E-state index contributed by atoms with van der Waals surface area (Å²) in [6, 6.07) is 4.70. The van der Waals surface area contributed by atoms with Gasteiger partial charge >= 0.3 is 0 Å². The van der Waals surface area contributed by atoms with Crippen LogP contribution in [0.3, 0.4) is 0 Å². The number of carbonyl (C=O) groups excluding carboxylic acids is 1. The molecule has 0 atom stereocenters. The van der Waals surface area contributed by atoms with Crippen molar-refractivity contribution in [3.05, 3.63) is 34.6 Å². The van der Waals surface area contributed by atoms with E-state index in [4.69, 9.17) is 11.6 Å². The molecule has 1 aromatic rings. The molecule has 1 fully saturated rings. The summed E-state index contributed by atoms with van der Waals surface area (Å²) in [7, 11) is 0. The zero-order valence-corrected chi connectivity index (χ0v) is 12.5. The molecule has 20 heavy (non-hydrogen) atoms. The Hall–Kier alpha value is -1.13. The molecule has 3 nitrogen and oxygen atoms in total. The monoisotopic (exact) mass is 299 g/mol. The van der Waals surface area contributed by atoms with Crippen molar-refractivity contribution in [2.45, 2.75) is 38.2 Å². The van der Waals surface area contributed by atoms with Crippen LogP contribution in [0.4, 0.5) is 4.39 Å². The molecule has 5 heteroatoms. The van der Waals surface area contributed by atoms with E-state index in [1.807, 2.05) is 13.8 Å². The van der Waals surface area contributed by atoms with E-state index in [0.717, 1.165) is 0 Å². The third-order valence-electron chi connectivity index (χ3n) is 4.10. The Balaban J connectivity index is 2.45. The van der Waals surface area contributed by atoms with Crippen LogP contribution in [0.5, 0.6) is 0 Å². The van der Waals surface area contributed by atoms with E-state index in [-0.39, 0.29) is 23.8 Å². The number of halogens is 2. The van der Waals surface area contributed by atoms with Gasteiger partial charge in [-0.3, -0.25) is 4.79 Å². The molecule has 0 heterocycles. The number of hydrogen-bond donors (Lipinski definition) is 1. The Morgan fingerprint density at radius 1 is 1.45 bits per heavy atom. The Labute approximate surface area is 123 Å². The lowest BCUT2D eigenvalue weighted by Crippen LogP contribution is -2.56. The van der Waals surface area contributed by atoms with Crippen molar-refractivity contribution in [2.24, 2.45) is 0 Å². The first kappa shape index (κ1) is 15.3. The van der Waals surface area contributed by atoms with E-state index in [9.17, 15) is 14.3 Å². The van der Waals surface area contributed by atoms with Crippen LogP contribution in [0.25, 0.3) is 0 Å². The van der Waals surface area contributed by atoms with E-state index in [1.165, 1.54) is 6.07 Å². The average Bonchev–Trinajstić information content (AvgIpc) is 2.39. The highest BCUT2D eigenvalue weighted by Crippen LogP contribution is 2.47. The second-order valence-corrected chi connectivity index (χ2v) is 5.63. The molecule has 0 bridgehead atoms. The van der Waals surface area contributed by atoms with E-state index in [0.29, 0.717) is 18.7 Å². The molecular weight excluding hydrogens is 281 g/mol. The van der Waals surface area contributed by atoms with Gasteiger partial charge in [-0.25, -0.2) is 4.39 Å². The van der Waals surface area contributed by atoms with Crippen LogP contribution in [0, 0.1) is 5.82 Å². The van der Waals surface area contributed by atoms with Gasteiger partial charge in [0.05, 0.1) is 16.5 Å². The van der Waals surface area contributed by atoms with Crippen LogP contribution in [0.1, 0.15) is 32.3 Å². The van der Waals surface area contributed by atoms with Crippen molar-refractivity contribution in [1.82, 2.24) is 4.90 Å². The number of likely N-dealkylation sites (N-methyl/N-ethyl adjacent to an activating group) is 1. The maximum Gasteiger partial charge on any atom is 0.233 e. The molecular formula is C15H19ClFNO2. The molecule has 0 unspecified atom stereocenters. The molecule has 0 aromatic heterocycles. The molecule has 1 aliphatic rings. The van der Waals surface area contributed by atoms with Crippen LogP contribution in [0.15, 0.2) is 18.2 Å². The number of hydrogen-bond acceptors (Lipinski definition) is 2. The van der Waals surface area contributed by atoms with Crippen molar-refractivity contribution in [2.75, 3.05) is 13.1 Å². The summed E-state index contributed by atoms with van der Waals surface area (Å²) in [5.74, 6) is -0.685. The lowest BCUT2D eigenvalue weighted by molar-refractivity contribution is -0.146. The van der Waals surface area contributed by atoms with Gasteiger partial charge in [0.2, 0.25) is 5.91 Å². The molecule has 1 aromatic carbocycles. The van der Waals surface area contributed by atoms with Gasteiger partial charge in [-0.2, -0.15) is 0 Å². The van der Waals surface area contributed by atoms with Crippen molar-refractivity contribution in [3.8, 4) is 0 Å². The molecule has 1 amide bonds. The van der Waals surface area contributed by atoms with E-state index < -0.39 is 17.3 Å². The van der Waals surface area contributed by atoms with E-state index in [1.54, 1.807) is 17.0 Å². The van der Waals surface area contributed by atoms with Gasteiger partial charge in [0.15, 0.2) is 0 Å². The Morgan fingerprint density at radius 2 is 2.05 bits per heavy atom. The summed E-state index contributed by atoms with van der Waals surface area (Å²) in [4.78, 5) is 14.4. The van der Waals surface area contributed by atoms with Gasteiger partial charge in [-0.1, -0.05) is 23.7 Å². The second-order valence-electron chi connectivity index (χ2n) is 5.22. The van der Waals surface area contributed by atoms with Crippen molar-refractivity contribution in [1.29, 1.82) is 0 Å². The maximum atomic E-state index is 14.3. The third-order valence-corrected chi connectivity index (χ3v) is 4.39. The average molecular weight is 300 g/mol. The fraction of sp³-hybridized carbons (Fsp3) is 0.533. The van der Waals surface area contributed by atoms with E-state index in [2.05, 4.69) is 0 Å². The largest absolute Gasteiger partial charge is 0.393 e. The fourth-order valence-corrected chi connectivity index (χ4v) is 3.12. The molecule has 1 N–H and O–H groups in total. The highest BCUT2D eigenvalue weighted by Gasteiger charge is 2.53. The first-order chi connectivity index (χ1) is 9.46. The Morgan fingerprint density at radius 3 is 2.55 bits per heavy atom. The minimum atomic E-state index is -0.972. The van der Waals surface area contributed by atoms with Crippen molar-refractivity contribution < 1.29 is 14.3 Å². The molecule has 110 valence electrons. The highest BCUT2D eigenvalue weighted by molar-refractivity contribution is 6.30. The predicted molar refractivity (Wildman–Crippen MR) is 76.3 cm³/mol. The topological polar surface area (TPSA) is 40.5 Å². The van der Waals surface area contributed by atoms with Crippen LogP contribution in [-0.4, -0.2) is 35.1 Å². The van der Waals surface area contributed by atoms with Crippen molar-refractivity contribution >= 4 is 17.5 Å². The second kappa shape index (κ2) is 5.70. The quantitative estimate of drug-likeness (QED) is 0.929. The first-order valence-electron chi connectivity index (χ1n) is 6.88. The van der Waals surface area contributed by atoms with Gasteiger partial charge in [-0.15, -0.1) is 0 Å². The normalized spacial score (nSPS) is 25.1. The summed E-state index contributed by atoms with van der Waals surface area (Å²) >= 11 is 5.83. The standard InChI is InChI=1S/C15H19ClFNO2/c1-3-18(4-2)14(20)15(8-10(19)9-15)11-6-5-7-12(16)13(11)17/h5-7,10,19H,3-4,8-9H2,1-2H3/t10-,15+. The van der Waals surface area contributed by atoms with E-state index >= 15 is 0 Å². The third kappa shape index (κ3) is 2.31. The van der Waals surface area contributed by atoms with Crippen molar-refractivity contribution in [3.63, 3.8) is 0 Å². The summed E-state index contributed by atoms with van der Waals surface area (Å²) < 4.78 is 14.3. The minimum Gasteiger partial charge on any atom is -0.393 e. The maximum absolute atomic E-state index is 14.3. The molecule has 1 saturated carbocycles. The minimum absolute atomic E-state index is 0.00983. The zero-order chi connectivity index (χ0) is 14.9. The van der Waals surface area contributed by atoms with Gasteiger partial charge in [-0.05, 0) is 32.8 Å². The van der Waals surface area contributed by atoms with Crippen LogP contribution >= 0.6 is 11.6 Å². The number of aliphatic hydroxyl groups is 1. The van der Waals surface area contributed by atoms with Crippen LogP contribution < -0.4 is 0 Å². The van der Waals surface area contributed by atoms with Gasteiger partial charge in [0.1, 0.15) is 5.82 Å². The fourth-order valence-electron chi connectivity index (χ4n) is 2.94. The molecule has 0 aliphatic heterocycles. The number of carbonyl (C=O) groups is 1. The van der Waals surface area contributed by atoms with Crippen LogP contribution in [0.2, 0.25) is 5.02 Å². The lowest BCUT2D eigenvalue weighted by Gasteiger charge is -2.46. The molecule has 0 saturated heterocycles. The van der Waals surface area contributed by atoms with Gasteiger partial charge < -0.3 is 10.0 Å². The molecule has 1 aliphatic carbocycles. The number of amides is 1. The Kier molecular flexibility index (Phi) is 4.35. The molecule has 2 rings (SSSR count). The number of aliphatic hydroxyl groups excluding tert-OH is 1. The predicted octanol–water partition coefficient (Wildman–Crippen LogP) is 2.74. The smallest absolute Gasteiger partial charge is 0.233 e. The van der Waals surface area contributed by atoms with Gasteiger partial charge in [0, 0.05) is 18.7 Å². The molecule has 0 radical (unpaired) electrons. The Bertz CT molecular complexity index is 511.